The molecule has 5 rings (SSSR count). The number of furan rings is 1. The SMILES string of the molecule is CCCCOc1ccccc1C1C(C#N)=C(N)Oc2cc(OC(=O)c3oc4cc(C)ccc4c3C)ccc21. The van der Waals surface area contributed by atoms with Gasteiger partial charge < -0.3 is 24.4 Å². The van der Waals surface area contributed by atoms with Crippen molar-refractivity contribution in [3.05, 3.63) is 100 Å². The molecule has 0 aliphatic carbocycles. The predicted molar refractivity (Wildman–Crippen MR) is 143 cm³/mol. The fraction of sp³-hybridized carbons (Fsp3) is 0.226. The Kier molecular flexibility index (Phi) is 6.80. The van der Waals surface area contributed by atoms with Crippen LogP contribution in [0, 0.1) is 25.2 Å². The number of hydrogen-bond acceptors (Lipinski definition) is 7. The minimum Gasteiger partial charge on any atom is -0.493 e. The van der Waals surface area contributed by atoms with Crippen LogP contribution in [0.3, 0.4) is 0 Å². The summed E-state index contributed by atoms with van der Waals surface area (Å²) in [6, 6.07) is 20.7. The largest absolute Gasteiger partial charge is 0.493 e. The van der Waals surface area contributed by atoms with Gasteiger partial charge in [-0.1, -0.05) is 49.7 Å². The molecular weight excluding hydrogens is 480 g/mol. The third kappa shape index (κ3) is 4.57. The van der Waals surface area contributed by atoms with Crippen molar-refractivity contribution in [3.63, 3.8) is 0 Å². The number of carbonyl (C=O) groups excluding carboxylic acids is 1. The molecule has 192 valence electrons. The van der Waals surface area contributed by atoms with Gasteiger partial charge in [0.25, 0.3) is 0 Å². The Bertz CT molecular complexity index is 1610. The van der Waals surface area contributed by atoms with E-state index in [1.165, 1.54) is 0 Å². The zero-order valence-corrected chi connectivity index (χ0v) is 21.5. The number of nitrogens with two attached hydrogens (primary N) is 1. The van der Waals surface area contributed by atoms with E-state index in [4.69, 9.17) is 24.4 Å². The van der Waals surface area contributed by atoms with Crippen LogP contribution in [0.15, 0.2) is 76.5 Å². The van der Waals surface area contributed by atoms with Crippen LogP contribution in [0.2, 0.25) is 0 Å². The molecule has 2 N–H and O–H groups in total. The van der Waals surface area contributed by atoms with Crippen LogP contribution in [-0.2, 0) is 0 Å². The van der Waals surface area contributed by atoms with E-state index < -0.39 is 11.9 Å². The maximum atomic E-state index is 13.0. The summed E-state index contributed by atoms with van der Waals surface area (Å²) < 4.78 is 23.4. The number of rotatable bonds is 7. The lowest BCUT2D eigenvalue weighted by Crippen LogP contribution is -2.21. The molecule has 3 aromatic carbocycles. The number of esters is 1. The number of aryl methyl sites for hydroxylation is 2. The van der Waals surface area contributed by atoms with Crippen LogP contribution < -0.4 is 19.9 Å². The first-order chi connectivity index (χ1) is 18.4. The van der Waals surface area contributed by atoms with Gasteiger partial charge in [-0.25, -0.2) is 4.79 Å². The molecule has 7 heteroatoms. The highest BCUT2D eigenvalue weighted by Crippen LogP contribution is 2.46. The van der Waals surface area contributed by atoms with Gasteiger partial charge in [-0.05, 0) is 44.0 Å². The minimum atomic E-state index is -0.612. The molecule has 1 atom stereocenters. The van der Waals surface area contributed by atoms with Crippen molar-refractivity contribution in [3.8, 4) is 23.3 Å². The van der Waals surface area contributed by atoms with Gasteiger partial charge in [-0.3, -0.25) is 0 Å². The number of fused-ring (bicyclic) bond motifs is 2. The van der Waals surface area contributed by atoms with Crippen molar-refractivity contribution in [1.29, 1.82) is 5.26 Å². The van der Waals surface area contributed by atoms with E-state index in [2.05, 4.69) is 13.0 Å². The Labute approximate surface area is 221 Å². The van der Waals surface area contributed by atoms with Crippen LogP contribution in [0.1, 0.15) is 58.5 Å². The Morgan fingerprint density at radius 1 is 1.08 bits per heavy atom. The fourth-order valence-corrected chi connectivity index (χ4v) is 4.68. The van der Waals surface area contributed by atoms with E-state index in [-0.39, 0.29) is 17.4 Å². The number of benzene rings is 3. The van der Waals surface area contributed by atoms with Crippen LogP contribution in [0.4, 0.5) is 0 Å². The quantitative estimate of drug-likeness (QED) is 0.169. The number of ether oxygens (including phenoxy) is 3. The van der Waals surface area contributed by atoms with Gasteiger partial charge in [0.05, 0.1) is 12.5 Å². The number of unbranched alkanes of at least 4 members (excludes halogenated alkanes) is 1. The number of nitriles is 1. The summed E-state index contributed by atoms with van der Waals surface area (Å²) in [6.45, 7) is 6.46. The summed E-state index contributed by atoms with van der Waals surface area (Å²) in [5.74, 6) is 0.394. The van der Waals surface area contributed by atoms with Gasteiger partial charge in [0.15, 0.2) is 0 Å². The van der Waals surface area contributed by atoms with Crippen molar-refractivity contribution in [1.82, 2.24) is 0 Å². The van der Waals surface area contributed by atoms with Gasteiger partial charge in [-0.2, -0.15) is 5.26 Å². The maximum absolute atomic E-state index is 13.0. The Hall–Kier alpha value is -4.70. The molecule has 1 aromatic heterocycles. The number of nitrogens with zero attached hydrogens (tertiary/aromatic N) is 1. The highest BCUT2D eigenvalue weighted by Gasteiger charge is 2.33. The first-order valence-corrected chi connectivity index (χ1v) is 12.6. The van der Waals surface area contributed by atoms with E-state index in [1.54, 1.807) is 18.2 Å². The smallest absolute Gasteiger partial charge is 0.379 e. The molecule has 0 amide bonds. The van der Waals surface area contributed by atoms with Crippen LogP contribution in [-0.4, -0.2) is 12.6 Å². The van der Waals surface area contributed by atoms with Crippen LogP contribution in [0.25, 0.3) is 11.0 Å². The number of allylic oxidation sites excluding steroid dienone is 1. The summed E-state index contributed by atoms with van der Waals surface area (Å²) >= 11 is 0. The minimum absolute atomic E-state index is 0.000311. The highest BCUT2D eigenvalue weighted by atomic mass is 16.5. The summed E-state index contributed by atoms with van der Waals surface area (Å²) in [5, 5.41) is 10.8. The van der Waals surface area contributed by atoms with Crippen molar-refractivity contribution >= 4 is 16.9 Å². The lowest BCUT2D eigenvalue weighted by Gasteiger charge is -2.28. The average Bonchev–Trinajstić information content (AvgIpc) is 3.23. The molecule has 2 heterocycles. The summed E-state index contributed by atoms with van der Waals surface area (Å²) in [6.07, 6.45) is 1.92. The van der Waals surface area contributed by atoms with Crippen molar-refractivity contribution in [2.45, 2.75) is 39.5 Å². The third-order valence-corrected chi connectivity index (χ3v) is 6.67. The van der Waals surface area contributed by atoms with Crippen LogP contribution >= 0.6 is 0 Å². The molecule has 0 saturated heterocycles. The molecule has 0 radical (unpaired) electrons. The van der Waals surface area contributed by atoms with E-state index in [1.807, 2.05) is 56.3 Å². The number of para-hydroxylation sites is 1. The highest BCUT2D eigenvalue weighted by molar-refractivity contribution is 5.97. The monoisotopic (exact) mass is 508 g/mol. The Balaban J connectivity index is 1.48. The van der Waals surface area contributed by atoms with E-state index in [0.29, 0.717) is 34.8 Å². The van der Waals surface area contributed by atoms with E-state index in [9.17, 15) is 10.1 Å². The topological polar surface area (TPSA) is 108 Å². The Morgan fingerprint density at radius 2 is 1.89 bits per heavy atom. The summed E-state index contributed by atoms with van der Waals surface area (Å²) in [4.78, 5) is 13.0. The second-order valence-electron chi connectivity index (χ2n) is 9.31. The molecule has 0 spiro atoms. The maximum Gasteiger partial charge on any atom is 0.379 e. The average molecular weight is 509 g/mol. The lowest BCUT2D eigenvalue weighted by molar-refractivity contribution is 0.0702. The van der Waals surface area contributed by atoms with Gasteiger partial charge in [0.2, 0.25) is 11.6 Å². The van der Waals surface area contributed by atoms with Crippen molar-refractivity contribution in [2.75, 3.05) is 6.61 Å². The molecular formula is C31H28N2O5. The summed E-state index contributed by atoms with van der Waals surface area (Å²) in [5.41, 5.74) is 10.4. The normalized spacial score (nSPS) is 14.5. The fourth-order valence-electron chi connectivity index (χ4n) is 4.68. The molecule has 1 aliphatic heterocycles. The Morgan fingerprint density at radius 3 is 2.68 bits per heavy atom. The standard InChI is InChI=1S/C31H28N2O5/c1-4-5-14-35-25-9-7-6-8-22(25)28-23-13-11-20(16-27(23)38-30(33)24(28)17-32)36-31(34)29-19(3)21-12-10-18(2)15-26(21)37-29/h6-13,15-16,28H,4-5,14,33H2,1-3H3. The van der Waals surface area contributed by atoms with Gasteiger partial charge >= 0.3 is 5.97 Å². The predicted octanol–water partition coefficient (Wildman–Crippen LogP) is 6.67. The number of carbonyl (C=O) groups is 1. The van der Waals surface area contributed by atoms with E-state index >= 15 is 0 Å². The molecule has 38 heavy (non-hydrogen) atoms. The summed E-state index contributed by atoms with van der Waals surface area (Å²) in [7, 11) is 0. The lowest BCUT2D eigenvalue weighted by atomic mass is 9.83. The van der Waals surface area contributed by atoms with Crippen molar-refractivity contribution < 1.29 is 23.4 Å². The van der Waals surface area contributed by atoms with Gasteiger partial charge in [0.1, 0.15) is 34.5 Å². The third-order valence-electron chi connectivity index (χ3n) is 6.67. The molecule has 1 unspecified atom stereocenters. The zero-order chi connectivity index (χ0) is 26.8. The van der Waals surface area contributed by atoms with Gasteiger partial charge in [-0.15, -0.1) is 0 Å². The molecule has 4 aromatic rings. The van der Waals surface area contributed by atoms with Gasteiger partial charge in [0, 0.05) is 28.1 Å². The molecule has 0 fully saturated rings. The second-order valence-corrected chi connectivity index (χ2v) is 9.31. The first-order valence-electron chi connectivity index (χ1n) is 12.6. The number of hydrogen-bond donors (Lipinski definition) is 1. The molecule has 0 bridgehead atoms. The molecule has 0 saturated carbocycles. The zero-order valence-electron chi connectivity index (χ0n) is 21.5. The second kappa shape index (κ2) is 10.3. The van der Waals surface area contributed by atoms with Crippen molar-refractivity contribution in [2.24, 2.45) is 5.73 Å². The molecule has 7 nitrogen and oxygen atoms in total. The molecule has 1 aliphatic rings. The van der Waals surface area contributed by atoms with Crippen LogP contribution in [0.5, 0.6) is 17.2 Å². The first kappa shape index (κ1) is 25.0. The van der Waals surface area contributed by atoms with E-state index in [0.717, 1.165) is 34.9 Å².